The van der Waals surface area contributed by atoms with Gasteiger partial charge in [0.1, 0.15) is 0 Å². The molecule has 0 unspecified atom stereocenters. The topological polar surface area (TPSA) is 89.1 Å². The summed E-state index contributed by atoms with van der Waals surface area (Å²) in [5.74, 6) is -0.606. The van der Waals surface area contributed by atoms with Crippen LogP contribution in [0.25, 0.3) is 10.9 Å². The smallest absolute Gasteiger partial charge is 0.300 e. The van der Waals surface area contributed by atoms with Crippen LogP contribution in [0.5, 0.6) is 0 Å². The van der Waals surface area contributed by atoms with Crippen molar-refractivity contribution in [3.8, 4) is 0 Å². The van der Waals surface area contributed by atoms with Crippen molar-refractivity contribution in [3.63, 3.8) is 0 Å². The number of anilines is 1. The van der Waals surface area contributed by atoms with Gasteiger partial charge >= 0.3 is 0 Å². The summed E-state index contributed by atoms with van der Waals surface area (Å²) in [6, 6.07) is 3.43. The van der Waals surface area contributed by atoms with Crippen LogP contribution < -0.4 is 5.73 Å². The molecule has 0 aliphatic carbocycles. The Morgan fingerprint density at radius 3 is 2.59 bits per heavy atom. The number of nitrogen functional groups attached to an aromatic ring is 1. The molecule has 0 spiro atoms. The summed E-state index contributed by atoms with van der Waals surface area (Å²) >= 11 is 11.7. The number of carbonyl (C=O) groups is 1. The van der Waals surface area contributed by atoms with E-state index in [1.54, 1.807) is 18.3 Å². The molecule has 2 aromatic rings. The van der Waals surface area contributed by atoms with Gasteiger partial charge in [-0.25, -0.2) is 9.97 Å². The number of hydrogen-bond acceptors (Lipinski definition) is 4. The van der Waals surface area contributed by atoms with Crippen LogP contribution in [0.1, 0.15) is 6.92 Å². The van der Waals surface area contributed by atoms with Gasteiger partial charge < -0.3 is 10.8 Å². The number of carboxylic acids is 1. The summed E-state index contributed by atoms with van der Waals surface area (Å²) in [7, 11) is 0. The minimum Gasteiger partial charge on any atom is -0.481 e. The maximum absolute atomic E-state index is 9.00. The number of aliphatic carboxylic acids is 1. The zero-order valence-corrected chi connectivity index (χ0v) is 10.3. The predicted octanol–water partition coefficient (Wildman–Crippen LogP) is 2.61. The van der Waals surface area contributed by atoms with Crippen molar-refractivity contribution in [1.82, 2.24) is 9.97 Å². The monoisotopic (exact) mass is 273 g/mol. The van der Waals surface area contributed by atoms with Crippen LogP contribution in [0, 0.1) is 0 Å². The van der Waals surface area contributed by atoms with Gasteiger partial charge in [0.2, 0.25) is 5.95 Å². The lowest BCUT2D eigenvalue weighted by molar-refractivity contribution is -0.134. The highest BCUT2D eigenvalue weighted by Crippen LogP contribution is 2.29. The standard InChI is InChI=1S/C8H5Cl2N3.C2H4O2/c9-5-1-2-6-4(7(5)10)3-12-8(11)13-6;1-2(3)4/h1-3H,(H2,11,12,13);1H3,(H,3,4). The maximum Gasteiger partial charge on any atom is 0.300 e. The van der Waals surface area contributed by atoms with Crippen LogP contribution in [0.4, 0.5) is 5.95 Å². The third kappa shape index (κ3) is 3.72. The third-order valence-electron chi connectivity index (χ3n) is 1.67. The molecule has 7 heteroatoms. The fraction of sp³-hybridized carbons (Fsp3) is 0.100. The van der Waals surface area contributed by atoms with Gasteiger partial charge in [0.25, 0.3) is 5.97 Å². The van der Waals surface area contributed by atoms with Gasteiger partial charge in [-0.3, -0.25) is 4.79 Å². The zero-order chi connectivity index (χ0) is 13.0. The van der Waals surface area contributed by atoms with E-state index in [0.29, 0.717) is 20.9 Å². The number of rotatable bonds is 0. The molecule has 0 saturated heterocycles. The van der Waals surface area contributed by atoms with Gasteiger partial charge in [-0.05, 0) is 12.1 Å². The molecule has 0 bridgehead atoms. The third-order valence-corrected chi connectivity index (χ3v) is 2.49. The molecule has 1 aromatic heterocycles. The Kier molecular flexibility index (Phi) is 4.48. The van der Waals surface area contributed by atoms with Crippen molar-refractivity contribution >= 4 is 46.0 Å². The van der Waals surface area contributed by atoms with Crippen molar-refractivity contribution in [2.75, 3.05) is 5.73 Å². The van der Waals surface area contributed by atoms with Gasteiger partial charge in [-0.2, -0.15) is 0 Å². The summed E-state index contributed by atoms with van der Waals surface area (Å²) in [6.45, 7) is 1.08. The second-order valence-corrected chi connectivity index (χ2v) is 3.83. The predicted molar refractivity (Wildman–Crippen MR) is 67.3 cm³/mol. The first-order valence-corrected chi connectivity index (χ1v) is 5.23. The van der Waals surface area contributed by atoms with E-state index in [4.69, 9.17) is 38.8 Å². The van der Waals surface area contributed by atoms with Crippen LogP contribution in [-0.2, 0) is 4.79 Å². The number of aromatic nitrogens is 2. The van der Waals surface area contributed by atoms with E-state index < -0.39 is 5.97 Å². The molecule has 0 fully saturated rings. The van der Waals surface area contributed by atoms with Gasteiger partial charge in [-0.15, -0.1) is 0 Å². The average Bonchev–Trinajstić information content (AvgIpc) is 2.23. The Hall–Kier alpha value is -1.59. The Bertz CT molecular complexity index is 556. The number of nitrogens with two attached hydrogens (primary N) is 1. The van der Waals surface area contributed by atoms with E-state index in [2.05, 4.69) is 9.97 Å². The number of halogens is 2. The number of nitrogens with zero attached hydrogens (tertiary/aromatic N) is 2. The minimum absolute atomic E-state index is 0.228. The SMILES string of the molecule is CC(=O)O.Nc1ncc2c(Cl)c(Cl)ccc2n1. The molecule has 1 heterocycles. The largest absolute Gasteiger partial charge is 0.481 e. The lowest BCUT2D eigenvalue weighted by atomic mass is 10.2. The lowest BCUT2D eigenvalue weighted by Gasteiger charge is -2.01. The molecule has 90 valence electrons. The van der Waals surface area contributed by atoms with E-state index in [9.17, 15) is 0 Å². The van der Waals surface area contributed by atoms with E-state index in [0.717, 1.165) is 6.92 Å². The molecule has 0 amide bonds. The minimum atomic E-state index is -0.833. The van der Waals surface area contributed by atoms with Crippen LogP contribution >= 0.6 is 23.2 Å². The highest BCUT2D eigenvalue weighted by Gasteiger charge is 2.04. The van der Waals surface area contributed by atoms with Gasteiger partial charge in [0, 0.05) is 18.5 Å². The Morgan fingerprint density at radius 1 is 1.41 bits per heavy atom. The first-order valence-electron chi connectivity index (χ1n) is 4.47. The maximum atomic E-state index is 9.00. The molecule has 0 saturated carbocycles. The molecule has 3 N–H and O–H groups in total. The number of hydrogen-bond donors (Lipinski definition) is 2. The van der Waals surface area contributed by atoms with E-state index >= 15 is 0 Å². The molecule has 0 atom stereocenters. The van der Waals surface area contributed by atoms with Crippen molar-refractivity contribution in [2.24, 2.45) is 0 Å². The molecule has 17 heavy (non-hydrogen) atoms. The van der Waals surface area contributed by atoms with E-state index in [1.807, 2.05) is 0 Å². The second-order valence-electron chi connectivity index (χ2n) is 3.04. The Labute approximate surface area is 107 Å². The molecule has 0 aliphatic heterocycles. The Balaban J connectivity index is 0.000000317. The number of carboxylic acid groups (broad SMARTS) is 1. The molecule has 2 rings (SSSR count). The Morgan fingerprint density at radius 2 is 2.00 bits per heavy atom. The summed E-state index contributed by atoms with van der Waals surface area (Å²) in [6.07, 6.45) is 1.56. The van der Waals surface area contributed by atoms with Gasteiger partial charge in [0.15, 0.2) is 0 Å². The van der Waals surface area contributed by atoms with Crippen molar-refractivity contribution in [2.45, 2.75) is 6.92 Å². The van der Waals surface area contributed by atoms with E-state index in [-0.39, 0.29) is 5.95 Å². The normalized spacial score (nSPS) is 9.59. The van der Waals surface area contributed by atoms with Crippen LogP contribution in [0.3, 0.4) is 0 Å². The van der Waals surface area contributed by atoms with Crippen molar-refractivity contribution < 1.29 is 9.90 Å². The second kappa shape index (κ2) is 5.65. The molecule has 0 radical (unpaired) electrons. The summed E-state index contributed by atoms with van der Waals surface area (Å²) in [5.41, 5.74) is 6.11. The fourth-order valence-corrected chi connectivity index (χ4v) is 1.43. The first kappa shape index (κ1) is 13.5. The summed E-state index contributed by atoms with van der Waals surface area (Å²) in [5, 5.41) is 9.07. The highest BCUT2D eigenvalue weighted by molar-refractivity contribution is 6.45. The molecule has 5 nitrogen and oxygen atoms in total. The summed E-state index contributed by atoms with van der Waals surface area (Å²) < 4.78 is 0. The molecule has 1 aromatic carbocycles. The highest BCUT2D eigenvalue weighted by atomic mass is 35.5. The van der Waals surface area contributed by atoms with Crippen LogP contribution in [0.2, 0.25) is 10.0 Å². The van der Waals surface area contributed by atoms with E-state index in [1.165, 1.54) is 0 Å². The summed E-state index contributed by atoms with van der Waals surface area (Å²) in [4.78, 5) is 16.8. The first-order chi connectivity index (χ1) is 7.91. The molecule has 0 aliphatic rings. The number of benzene rings is 1. The quantitative estimate of drug-likeness (QED) is 0.770. The average molecular weight is 274 g/mol. The van der Waals surface area contributed by atoms with Crippen molar-refractivity contribution in [3.05, 3.63) is 28.4 Å². The van der Waals surface area contributed by atoms with Crippen LogP contribution in [0.15, 0.2) is 18.3 Å². The van der Waals surface area contributed by atoms with Crippen LogP contribution in [-0.4, -0.2) is 21.0 Å². The lowest BCUT2D eigenvalue weighted by Crippen LogP contribution is -1.94. The zero-order valence-electron chi connectivity index (χ0n) is 8.82. The number of fused-ring (bicyclic) bond motifs is 1. The fourth-order valence-electron chi connectivity index (χ4n) is 1.06. The van der Waals surface area contributed by atoms with Crippen molar-refractivity contribution in [1.29, 1.82) is 0 Å². The van der Waals surface area contributed by atoms with Gasteiger partial charge in [-0.1, -0.05) is 23.2 Å². The molecular weight excluding hydrogens is 265 g/mol. The molecular formula is C10H9Cl2N3O2. The van der Waals surface area contributed by atoms with Gasteiger partial charge in [0.05, 0.1) is 15.6 Å².